The minimum Gasteiger partial charge on any atom is -0.454 e. The van der Waals surface area contributed by atoms with Crippen molar-refractivity contribution in [2.24, 2.45) is 5.92 Å². The van der Waals surface area contributed by atoms with Crippen LogP contribution < -0.4 is 9.47 Å². The maximum Gasteiger partial charge on any atom is 0.231 e. The fourth-order valence-electron chi connectivity index (χ4n) is 3.22. The number of nitrogens with zero attached hydrogens (tertiary/aromatic N) is 1. The lowest BCUT2D eigenvalue weighted by Crippen LogP contribution is -2.34. The summed E-state index contributed by atoms with van der Waals surface area (Å²) in [5.74, 6) is 2.04. The summed E-state index contributed by atoms with van der Waals surface area (Å²) in [6.07, 6.45) is -0.529. The van der Waals surface area contributed by atoms with E-state index in [-0.39, 0.29) is 6.79 Å². The van der Waals surface area contributed by atoms with Crippen molar-refractivity contribution in [2.45, 2.75) is 40.0 Å². The zero-order valence-electron chi connectivity index (χ0n) is 17.1. The van der Waals surface area contributed by atoms with Crippen molar-refractivity contribution in [1.82, 2.24) is 4.90 Å². The van der Waals surface area contributed by atoms with Gasteiger partial charge in [-0.05, 0) is 36.1 Å². The number of ether oxygens (including phenoxy) is 3. The molecule has 152 valence electrons. The summed E-state index contributed by atoms with van der Waals surface area (Å²) >= 11 is 0. The molecule has 1 aliphatic heterocycles. The summed E-state index contributed by atoms with van der Waals surface area (Å²) in [6.45, 7) is 9.61. The second-order valence-electron chi connectivity index (χ2n) is 7.93. The van der Waals surface area contributed by atoms with Crippen LogP contribution in [0.5, 0.6) is 11.5 Å². The highest BCUT2D eigenvalue weighted by molar-refractivity contribution is 5.44. The lowest BCUT2D eigenvalue weighted by Gasteiger charge is -2.25. The van der Waals surface area contributed by atoms with E-state index in [1.54, 1.807) is 0 Å². The van der Waals surface area contributed by atoms with Crippen LogP contribution in [0.25, 0.3) is 0 Å². The first-order chi connectivity index (χ1) is 13.5. The zero-order valence-corrected chi connectivity index (χ0v) is 17.1. The van der Waals surface area contributed by atoms with Crippen molar-refractivity contribution in [3.05, 3.63) is 59.2 Å². The molecule has 0 amide bonds. The maximum atomic E-state index is 10.5. The van der Waals surface area contributed by atoms with E-state index >= 15 is 0 Å². The Hall–Kier alpha value is -2.08. The molecule has 0 bridgehead atoms. The molecule has 2 aromatic carbocycles. The van der Waals surface area contributed by atoms with Crippen molar-refractivity contribution in [3.8, 4) is 11.5 Å². The maximum absolute atomic E-state index is 10.5. The summed E-state index contributed by atoms with van der Waals surface area (Å²) in [7, 11) is 0. The fraction of sp³-hybridized carbons (Fsp3) is 0.478. The molecule has 3 rings (SSSR count). The SMILES string of the molecule is Cc1ccc(CN(Cc2ccc3c(c2)OCO3)C[C@@H](O)COCC(C)C)cc1. The molecular weight excluding hydrogens is 354 g/mol. The van der Waals surface area contributed by atoms with Gasteiger partial charge < -0.3 is 19.3 Å². The summed E-state index contributed by atoms with van der Waals surface area (Å²) in [4.78, 5) is 2.24. The van der Waals surface area contributed by atoms with Crippen molar-refractivity contribution in [2.75, 3.05) is 26.6 Å². The average Bonchev–Trinajstić information content (AvgIpc) is 3.11. The molecule has 0 spiro atoms. The molecule has 1 atom stereocenters. The highest BCUT2D eigenvalue weighted by Crippen LogP contribution is 2.33. The number of rotatable bonds is 10. The van der Waals surface area contributed by atoms with Gasteiger partial charge in [0.25, 0.3) is 0 Å². The van der Waals surface area contributed by atoms with Gasteiger partial charge in [-0.25, -0.2) is 0 Å². The second kappa shape index (κ2) is 9.92. The Balaban J connectivity index is 1.65. The number of benzene rings is 2. The first-order valence-electron chi connectivity index (χ1n) is 9.92. The zero-order chi connectivity index (χ0) is 19.9. The minimum absolute atomic E-state index is 0.276. The molecule has 0 fully saturated rings. The van der Waals surface area contributed by atoms with Gasteiger partial charge in [-0.2, -0.15) is 0 Å². The first kappa shape index (κ1) is 20.6. The Morgan fingerprint density at radius 3 is 2.39 bits per heavy atom. The monoisotopic (exact) mass is 385 g/mol. The summed E-state index contributed by atoms with van der Waals surface area (Å²) in [5, 5.41) is 10.5. The van der Waals surface area contributed by atoms with Crippen molar-refractivity contribution < 1.29 is 19.3 Å². The van der Waals surface area contributed by atoms with Crippen LogP contribution in [0.2, 0.25) is 0 Å². The van der Waals surface area contributed by atoms with Crippen LogP contribution in [-0.2, 0) is 17.8 Å². The Kier molecular flexibility index (Phi) is 7.31. The third kappa shape index (κ3) is 6.23. The largest absolute Gasteiger partial charge is 0.454 e. The van der Waals surface area contributed by atoms with E-state index in [1.165, 1.54) is 11.1 Å². The molecule has 0 unspecified atom stereocenters. The van der Waals surface area contributed by atoms with Gasteiger partial charge in [0.05, 0.1) is 12.7 Å². The molecule has 1 heterocycles. The van der Waals surface area contributed by atoms with Gasteiger partial charge in [0.1, 0.15) is 0 Å². The van der Waals surface area contributed by atoms with E-state index in [0.717, 1.165) is 23.6 Å². The molecule has 5 nitrogen and oxygen atoms in total. The molecule has 28 heavy (non-hydrogen) atoms. The predicted octanol–water partition coefficient (Wildman–Crippen LogP) is 3.76. The summed E-state index contributed by atoms with van der Waals surface area (Å²) in [6, 6.07) is 14.5. The minimum atomic E-state index is -0.529. The topological polar surface area (TPSA) is 51.2 Å². The molecule has 2 aromatic rings. The number of hydrogen-bond acceptors (Lipinski definition) is 5. The fourth-order valence-corrected chi connectivity index (χ4v) is 3.22. The van der Waals surface area contributed by atoms with E-state index in [1.807, 2.05) is 12.1 Å². The van der Waals surface area contributed by atoms with Crippen LogP contribution in [0, 0.1) is 12.8 Å². The van der Waals surface area contributed by atoms with Crippen molar-refractivity contribution >= 4 is 0 Å². The molecule has 1 aliphatic rings. The predicted molar refractivity (Wildman–Crippen MR) is 110 cm³/mol. The van der Waals surface area contributed by atoms with Gasteiger partial charge >= 0.3 is 0 Å². The van der Waals surface area contributed by atoms with Crippen LogP contribution in [0.3, 0.4) is 0 Å². The van der Waals surface area contributed by atoms with Crippen LogP contribution in [0.15, 0.2) is 42.5 Å². The summed E-state index contributed by atoms with van der Waals surface area (Å²) in [5.41, 5.74) is 3.60. The molecule has 0 radical (unpaired) electrons. The second-order valence-corrected chi connectivity index (χ2v) is 7.93. The van der Waals surface area contributed by atoms with E-state index in [9.17, 15) is 5.11 Å². The standard InChI is InChI=1S/C23H31NO4/c1-17(2)14-26-15-21(25)13-24(11-19-6-4-18(3)5-7-19)12-20-8-9-22-23(10-20)28-16-27-22/h4-10,17,21,25H,11-16H2,1-3H3/t21-/m1/s1. The lowest BCUT2D eigenvalue weighted by atomic mass is 10.1. The van der Waals surface area contributed by atoms with Gasteiger partial charge in [-0.3, -0.25) is 4.90 Å². The van der Waals surface area contributed by atoms with Crippen LogP contribution >= 0.6 is 0 Å². The molecule has 0 aliphatic carbocycles. The van der Waals surface area contributed by atoms with Crippen LogP contribution in [0.1, 0.15) is 30.5 Å². The molecule has 0 saturated carbocycles. The molecule has 0 saturated heterocycles. The smallest absolute Gasteiger partial charge is 0.231 e. The number of aliphatic hydroxyl groups is 1. The highest BCUT2D eigenvalue weighted by Gasteiger charge is 2.17. The third-order valence-electron chi connectivity index (χ3n) is 4.60. The lowest BCUT2D eigenvalue weighted by molar-refractivity contribution is 0.00554. The van der Waals surface area contributed by atoms with Gasteiger partial charge in [0.2, 0.25) is 6.79 Å². The Morgan fingerprint density at radius 2 is 1.64 bits per heavy atom. The van der Waals surface area contributed by atoms with E-state index < -0.39 is 6.10 Å². The Morgan fingerprint density at radius 1 is 0.964 bits per heavy atom. The van der Waals surface area contributed by atoms with E-state index in [0.29, 0.717) is 32.2 Å². The van der Waals surface area contributed by atoms with Gasteiger partial charge in [-0.15, -0.1) is 0 Å². The Labute approximate surface area is 167 Å². The van der Waals surface area contributed by atoms with Gasteiger partial charge in [0, 0.05) is 26.2 Å². The summed E-state index contributed by atoms with van der Waals surface area (Å²) < 4.78 is 16.5. The third-order valence-corrected chi connectivity index (χ3v) is 4.60. The highest BCUT2D eigenvalue weighted by atomic mass is 16.7. The molecule has 5 heteroatoms. The normalized spacial score (nSPS) is 14.1. The van der Waals surface area contributed by atoms with Gasteiger partial charge in [-0.1, -0.05) is 49.7 Å². The molecular formula is C23H31NO4. The van der Waals surface area contributed by atoms with Crippen molar-refractivity contribution in [1.29, 1.82) is 0 Å². The quantitative estimate of drug-likeness (QED) is 0.675. The van der Waals surface area contributed by atoms with Gasteiger partial charge in [0.15, 0.2) is 11.5 Å². The first-order valence-corrected chi connectivity index (χ1v) is 9.92. The molecule has 0 aromatic heterocycles. The van der Waals surface area contributed by atoms with E-state index in [2.05, 4.69) is 56.0 Å². The Bertz CT molecular complexity index is 745. The number of aliphatic hydroxyl groups excluding tert-OH is 1. The van der Waals surface area contributed by atoms with Crippen molar-refractivity contribution in [3.63, 3.8) is 0 Å². The molecule has 1 N–H and O–H groups in total. The number of hydrogen-bond donors (Lipinski definition) is 1. The number of aryl methyl sites for hydroxylation is 1. The van der Waals surface area contributed by atoms with E-state index in [4.69, 9.17) is 14.2 Å². The number of fused-ring (bicyclic) bond motifs is 1. The van der Waals surface area contributed by atoms with Crippen LogP contribution in [-0.4, -0.2) is 42.7 Å². The average molecular weight is 386 g/mol. The van der Waals surface area contributed by atoms with Crippen LogP contribution in [0.4, 0.5) is 0 Å².